The molecule has 0 saturated carbocycles. The second-order valence-corrected chi connectivity index (χ2v) is 10.8. The summed E-state index contributed by atoms with van der Waals surface area (Å²) in [5, 5.41) is 2.10. The van der Waals surface area contributed by atoms with Crippen LogP contribution < -0.4 is 4.67 Å². The van der Waals surface area contributed by atoms with E-state index in [4.69, 9.17) is 8.39 Å². The largest absolute Gasteiger partial charge is 0.407 e. The predicted octanol–water partition coefficient (Wildman–Crippen LogP) is 10.2. The molecule has 5 aromatic rings. The number of rotatable bonds is 9. The molecule has 0 unspecified atom stereocenters. The van der Waals surface area contributed by atoms with Gasteiger partial charge in [-0.1, -0.05) is 109 Å². The number of hydrogen-bond acceptors (Lipinski definition) is 3. The summed E-state index contributed by atoms with van der Waals surface area (Å²) in [5.41, 5.74) is 6.39. The summed E-state index contributed by atoms with van der Waals surface area (Å²) >= 11 is 0. The number of para-hydroxylation sites is 2. The van der Waals surface area contributed by atoms with Gasteiger partial charge in [-0.2, -0.15) is 4.67 Å². The number of hydrogen-bond donors (Lipinski definition) is 0. The van der Waals surface area contributed by atoms with E-state index >= 15 is 0 Å². The molecule has 0 aliphatic rings. The molecular formula is C34H34NO2P. The Morgan fingerprint density at radius 2 is 1.05 bits per heavy atom. The molecule has 0 radical (unpaired) electrons. The smallest absolute Gasteiger partial charge is 0.310 e. The molecule has 5 rings (SSSR count). The SMILES string of the molecule is C=CCc1cccc2c1op(N([C@H](C)c1ccccc1)[C@@H](C)c1ccccc1)oc1c(CC=C)cccc12. The fourth-order valence-electron chi connectivity index (χ4n) is 5.10. The van der Waals surface area contributed by atoms with Crippen molar-refractivity contribution in [3.05, 3.63) is 145 Å². The van der Waals surface area contributed by atoms with Gasteiger partial charge in [0.1, 0.15) is 11.2 Å². The molecule has 0 bridgehead atoms. The normalized spacial score (nSPS) is 12.9. The molecule has 4 heteroatoms. The Bertz CT molecular complexity index is 1470. The van der Waals surface area contributed by atoms with E-state index in [1.807, 2.05) is 12.2 Å². The third kappa shape index (κ3) is 5.13. The summed E-state index contributed by atoms with van der Waals surface area (Å²) < 4.78 is 16.4. The van der Waals surface area contributed by atoms with Crippen molar-refractivity contribution < 1.29 is 8.39 Å². The topological polar surface area (TPSA) is 29.5 Å². The van der Waals surface area contributed by atoms with Crippen LogP contribution in [0.1, 0.15) is 48.2 Å². The molecule has 0 N–H and O–H groups in total. The molecular weight excluding hydrogens is 485 g/mol. The minimum Gasteiger partial charge on any atom is -0.407 e. The van der Waals surface area contributed by atoms with E-state index in [9.17, 15) is 0 Å². The number of fused-ring (bicyclic) bond motifs is 3. The monoisotopic (exact) mass is 519 g/mol. The summed E-state index contributed by atoms with van der Waals surface area (Å²) in [6.07, 6.45) is 5.30. The highest BCUT2D eigenvalue weighted by molar-refractivity contribution is 7.39. The molecule has 1 aromatic heterocycles. The van der Waals surface area contributed by atoms with Crippen molar-refractivity contribution >= 4 is 30.1 Å². The summed E-state index contributed by atoms with van der Waals surface area (Å²) in [6, 6.07) is 34.0. The summed E-state index contributed by atoms with van der Waals surface area (Å²) in [5.74, 6) is 0. The zero-order chi connectivity index (χ0) is 26.5. The first kappa shape index (κ1) is 25.9. The molecule has 3 nitrogen and oxygen atoms in total. The first-order chi connectivity index (χ1) is 18.6. The first-order valence-electron chi connectivity index (χ1n) is 13.1. The van der Waals surface area contributed by atoms with Crippen LogP contribution in [-0.2, 0) is 12.8 Å². The second kappa shape index (κ2) is 11.7. The van der Waals surface area contributed by atoms with Gasteiger partial charge in [-0.15, -0.1) is 13.2 Å². The van der Waals surface area contributed by atoms with Gasteiger partial charge in [0, 0.05) is 22.9 Å². The molecule has 38 heavy (non-hydrogen) atoms. The minimum absolute atomic E-state index is 0.0423. The third-order valence-electron chi connectivity index (χ3n) is 7.10. The van der Waals surface area contributed by atoms with E-state index in [0.717, 1.165) is 45.9 Å². The Balaban J connectivity index is 1.87. The van der Waals surface area contributed by atoms with Crippen LogP contribution in [0.4, 0.5) is 0 Å². The lowest BCUT2D eigenvalue weighted by molar-refractivity contribution is 0.557. The van der Waals surface area contributed by atoms with E-state index in [-0.39, 0.29) is 12.1 Å². The molecule has 4 aromatic carbocycles. The van der Waals surface area contributed by atoms with E-state index in [0.29, 0.717) is 0 Å². The average molecular weight is 520 g/mol. The van der Waals surface area contributed by atoms with Crippen molar-refractivity contribution in [1.82, 2.24) is 0 Å². The van der Waals surface area contributed by atoms with Crippen LogP contribution in [0.5, 0.6) is 0 Å². The standard InChI is InChI=1S/C34H34NO2P/c1-5-15-29-21-13-23-31-32-24-14-22-30(16-6-2)34(32)37-38(36-33(29)31)35(25(3)27-17-9-7-10-18-27)26(4)28-19-11-8-12-20-28/h5-14,17-26H,1-2,15-16H2,3-4H3/t25-,26+. The van der Waals surface area contributed by atoms with Gasteiger partial charge < -0.3 is 8.39 Å². The molecule has 0 fully saturated rings. The van der Waals surface area contributed by atoms with Gasteiger partial charge in [-0.25, -0.2) is 0 Å². The van der Waals surface area contributed by atoms with Crippen LogP contribution >= 0.6 is 8.16 Å². The maximum Gasteiger partial charge on any atom is 0.310 e. The van der Waals surface area contributed by atoms with Gasteiger partial charge in [0.05, 0.1) is 0 Å². The highest BCUT2D eigenvalue weighted by Gasteiger charge is 2.29. The summed E-state index contributed by atoms with van der Waals surface area (Å²) in [7, 11) is -1.55. The zero-order valence-corrected chi connectivity index (χ0v) is 23.0. The Labute approximate surface area is 226 Å². The molecule has 0 amide bonds. The molecule has 0 aliphatic carbocycles. The Morgan fingerprint density at radius 3 is 1.45 bits per heavy atom. The predicted molar refractivity (Wildman–Crippen MR) is 162 cm³/mol. The molecule has 0 spiro atoms. The highest BCUT2D eigenvalue weighted by atomic mass is 31.1. The fraction of sp³-hybridized carbons (Fsp3) is 0.176. The lowest BCUT2D eigenvalue weighted by Crippen LogP contribution is -2.27. The van der Waals surface area contributed by atoms with Crippen molar-refractivity contribution in [3.63, 3.8) is 0 Å². The Morgan fingerprint density at radius 1 is 0.632 bits per heavy atom. The van der Waals surface area contributed by atoms with Crippen LogP contribution in [0.15, 0.2) is 131 Å². The van der Waals surface area contributed by atoms with Crippen molar-refractivity contribution in [2.75, 3.05) is 4.67 Å². The van der Waals surface area contributed by atoms with Crippen molar-refractivity contribution in [2.45, 2.75) is 38.8 Å². The van der Waals surface area contributed by atoms with Gasteiger partial charge in [0.15, 0.2) is 0 Å². The zero-order valence-electron chi connectivity index (χ0n) is 22.1. The summed E-state index contributed by atoms with van der Waals surface area (Å²) in [4.78, 5) is 0. The van der Waals surface area contributed by atoms with Crippen LogP contribution in [0.2, 0.25) is 0 Å². The first-order valence-corrected chi connectivity index (χ1v) is 14.3. The van der Waals surface area contributed by atoms with Crippen molar-refractivity contribution in [1.29, 1.82) is 0 Å². The van der Waals surface area contributed by atoms with Gasteiger partial charge >= 0.3 is 8.16 Å². The quantitative estimate of drug-likeness (QED) is 0.181. The van der Waals surface area contributed by atoms with E-state index in [1.54, 1.807) is 0 Å². The van der Waals surface area contributed by atoms with Crippen LogP contribution in [0.25, 0.3) is 21.9 Å². The van der Waals surface area contributed by atoms with E-state index in [1.165, 1.54) is 11.1 Å². The molecule has 192 valence electrons. The van der Waals surface area contributed by atoms with E-state index < -0.39 is 8.16 Å². The van der Waals surface area contributed by atoms with Gasteiger partial charge in [-0.05, 0) is 48.9 Å². The number of allylic oxidation sites excluding steroid dienone is 2. The summed E-state index contributed by atoms with van der Waals surface area (Å²) in [6.45, 7) is 12.5. The molecule has 0 aliphatic heterocycles. The Kier molecular flexibility index (Phi) is 7.98. The maximum atomic E-state index is 7.00. The molecule has 2 atom stereocenters. The second-order valence-electron chi connectivity index (χ2n) is 9.55. The van der Waals surface area contributed by atoms with Crippen LogP contribution in [0.3, 0.4) is 0 Å². The maximum absolute atomic E-state index is 7.00. The van der Waals surface area contributed by atoms with E-state index in [2.05, 4.69) is 129 Å². The van der Waals surface area contributed by atoms with Crippen molar-refractivity contribution in [2.24, 2.45) is 0 Å². The third-order valence-corrected chi connectivity index (χ3v) is 8.84. The van der Waals surface area contributed by atoms with Crippen molar-refractivity contribution in [3.8, 4) is 0 Å². The van der Waals surface area contributed by atoms with Gasteiger partial charge in [0.25, 0.3) is 0 Å². The Hall–Kier alpha value is -3.78. The highest BCUT2D eigenvalue weighted by Crippen LogP contribution is 2.47. The van der Waals surface area contributed by atoms with Crippen LogP contribution in [0, 0.1) is 0 Å². The van der Waals surface area contributed by atoms with Gasteiger partial charge in [0.2, 0.25) is 0 Å². The average Bonchev–Trinajstić information content (AvgIpc) is 3.12. The lowest BCUT2D eigenvalue weighted by Gasteiger charge is -2.31. The minimum atomic E-state index is -1.55. The molecule has 1 heterocycles. The fourth-order valence-corrected chi connectivity index (χ4v) is 6.90. The van der Waals surface area contributed by atoms with Gasteiger partial charge in [-0.3, -0.25) is 0 Å². The molecule has 0 saturated heterocycles. The lowest BCUT2D eigenvalue weighted by atomic mass is 10.0. The number of nitrogens with zero attached hydrogens (tertiary/aromatic N) is 1. The number of benzene rings is 4. The van der Waals surface area contributed by atoms with Crippen LogP contribution in [-0.4, -0.2) is 0 Å².